The molecule has 3 rings (SSSR count). The molecule has 0 saturated carbocycles. The number of rotatable bonds is 5. The fourth-order valence-corrected chi connectivity index (χ4v) is 2.62. The normalized spacial score (nSPS) is 10.9. The van der Waals surface area contributed by atoms with Crippen molar-refractivity contribution >= 4 is 16.8 Å². The molecular formula is C18H19N3O3. The third-order valence-corrected chi connectivity index (χ3v) is 3.91. The van der Waals surface area contributed by atoms with Gasteiger partial charge in [-0.3, -0.25) is 14.3 Å². The quantitative estimate of drug-likeness (QED) is 0.722. The minimum absolute atomic E-state index is 0.00589. The number of carbonyl (C=O) groups excluding carboxylic acids is 1. The maximum absolute atomic E-state index is 12.3. The molecule has 0 aliphatic heterocycles. The summed E-state index contributed by atoms with van der Waals surface area (Å²) in [4.78, 5) is 25.8. The van der Waals surface area contributed by atoms with Crippen LogP contribution in [0.2, 0.25) is 0 Å². The van der Waals surface area contributed by atoms with E-state index in [1.54, 1.807) is 22.7 Å². The van der Waals surface area contributed by atoms with Gasteiger partial charge in [0.2, 0.25) is 11.3 Å². The van der Waals surface area contributed by atoms with E-state index in [1.165, 1.54) is 6.20 Å². The maximum Gasteiger partial charge on any atom is 0.224 e. The van der Waals surface area contributed by atoms with Crippen LogP contribution in [0.1, 0.15) is 17.9 Å². The molecule has 1 amide bonds. The van der Waals surface area contributed by atoms with Gasteiger partial charge in [0.15, 0.2) is 0 Å². The van der Waals surface area contributed by atoms with Gasteiger partial charge in [-0.25, -0.2) is 0 Å². The van der Waals surface area contributed by atoms with E-state index >= 15 is 0 Å². The summed E-state index contributed by atoms with van der Waals surface area (Å²) in [6, 6.07) is 11.0. The number of fused-ring (bicyclic) bond motifs is 1. The highest BCUT2D eigenvalue weighted by atomic mass is 16.3. The highest BCUT2D eigenvalue weighted by Crippen LogP contribution is 2.11. The minimum atomic E-state index is -0.113. The van der Waals surface area contributed by atoms with E-state index < -0.39 is 0 Å². The van der Waals surface area contributed by atoms with Crippen LogP contribution in [0.4, 0.5) is 0 Å². The first kappa shape index (κ1) is 16.0. The number of para-hydroxylation sites is 1. The molecule has 0 aliphatic rings. The lowest BCUT2D eigenvalue weighted by Gasteiger charge is -2.16. The standard InChI is InChI=1S/C18H19N3O3/c1-13-7-8-14(24-13)12-20(2)18(23)9-10-21-16-6-4-3-5-15(16)17(22)11-19-21/h3-8,11H,9-10,12H2,1-2H3. The van der Waals surface area contributed by atoms with Gasteiger partial charge in [-0.15, -0.1) is 0 Å². The number of hydrogen-bond donors (Lipinski definition) is 0. The third-order valence-electron chi connectivity index (χ3n) is 3.91. The summed E-state index contributed by atoms with van der Waals surface area (Å²) >= 11 is 0. The summed E-state index contributed by atoms with van der Waals surface area (Å²) in [6.45, 7) is 2.73. The molecule has 0 bridgehead atoms. The minimum Gasteiger partial charge on any atom is -0.464 e. The Morgan fingerprint density at radius 2 is 2.04 bits per heavy atom. The molecule has 0 unspecified atom stereocenters. The second kappa shape index (κ2) is 6.70. The first-order valence-electron chi connectivity index (χ1n) is 7.79. The Labute approximate surface area is 139 Å². The van der Waals surface area contributed by atoms with Crippen LogP contribution in [0, 0.1) is 6.92 Å². The van der Waals surface area contributed by atoms with Crippen LogP contribution in [0.5, 0.6) is 0 Å². The largest absolute Gasteiger partial charge is 0.464 e. The lowest BCUT2D eigenvalue weighted by molar-refractivity contribution is -0.130. The average molecular weight is 325 g/mol. The Kier molecular flexibility index (Phi) is 4.46. The van der Waals surface area contributed by atoms with Gasteiger partial charge in [0, 0.05) is 18.9 Å². The van der Waals surface area contributed by atoms with Gasteiger partial charge in [0.05, 0.1) is 24.8 Å². The first-order chi connectivity index (χ1) is 11.5. The number of furan rings is 1. The molecular weight excluding hydrogens is 306 g/mol. The second-order valence-electron chi connectivity index (χ2n) is 5.76. The SMILES string of the molecule is Cc1ccc(CN(C)C(=O)CCn2ncc(=O)c3ccccc32)o1. The zero-order valence-electron chi connectivity index (χ0n) is 13.7. The molecule has 0 saturated heterocycles. The fraction of sp³-hybridized carbons (Fsp3) is 0.278. The van der Waals surface area contributed by atoms with Crippen molar-refractivity contribution in [3.05, 3.63) is 64.3 Å². The van der Waals surface area contributed by atoms with Gasteiger partial charge >= 0.3 is 0 Å². The molecule has 0 fully saturated rings. The van der Waals surface area contributed by atoms with Crippen molar-refractivity contribution in [2.45, 2.75) is 26.4 Å². The molecule has 3 aromatic rings. The molecule has 24 heavy (non-hydrogen) atoms. The summed E-state index contributed by atoms with van der Waals surface area (Å²) in [5, 5.41) is 4.75. The van der Waals surface area contributed by atoms with Crippen LogP contribution in [0.25, 0.3) is 10.9 Å². The first-order valence-corrected chi connectivity index (χ1v) is 7.79. The van der Waals surface area contributed by atoms with Gasteiger partial charge in [0.25, 0.3) is 0 Å². The highest BCUT2D eigenvalue weighted by molar-refractivity contribution is 5.79. The average Bonchev–Trinajstić information content (AvgIpc) is 2.99. The van der Waals surface area contributed by atoms with Gasteiger partial charge < -0.3 is 9.32 Å². The molecule has 0 N–H and O–H groups in total. The van der Waals surface area contributed by atoms with Crippen LogP contribution in [-0.2, 0) is 17.9 Å². The predicted molar refractivity (Wildman–Crippen MR) is 90.5 cm³/mol. The summed E-state index contributed by atoms with van der Waals surface area (Å²) in [5.74, 6) is 1.58. The zero-order chi connectivity index (χ0) is 17.1. The lowest BCUT2D eigenvalue weighted by Crippen LogP contribution is -2.27. The molecule has 1 aromatic carbocycles. The van der Waals surface area contributed by atoms with Crippen LogP contribution >= 0.6 is 0 Å². The van der Waals surface area contributed by atoms with E-state index in [1.807, 2.05) is 37.3 Å². The van der Waals surface area contributed by atoms with Gasteiger partial charge in [0.1, 0.15) is 11.5 Å². The highest BCUT2D eigenvalue weighted by Gasteiger charge is 2.12. The van der Waals surface area contributed by atoms with E-state index in [0.29, 0.717) is 24.9 Å². The van der Waals surface area contributed by atoms with Crippen LogP contribution in [0.15, 0.2) is 51.8 Å². The number of carbonyl (C=O) groups is 1. The monoisotopic (exact) mass is 325 g/mol. The van der Waals surface area contributed by atoms with E-state index in [9.17, 15) is 9.59 Å². The summed E-state index contributed by atoms with van der Waals surface area (Å²) < 4.78 is 7.19. The van der Waals surface area contributed by atoms with Gasteiger partial charge in [-0.2, -0.15) is 5.10 Å². The van der Waals surface area contributed by atoms with Crippen molar-refractivity contribution in [3.8, 4) is 0 Å². The smallest absolute Gasteiger partial charge is 0.224 e. The lowest BCUT2D eigenvalue weighted by atomic mass is 10.2. The number of benzene rings is 1. The number of hydrogen-bond acceptors (Lipinski definition) is 4. The molecule has 0 atom stereocenters. The molecule has 0 radical (unpaired) electrons. The fourth-order valence-electron chi connectivity index (χ4n) is 2.62. The molecule has 2 aromatic heterocycles. The van der Waals surface area contributed by atoms with Crippen LogP contribution in [-0.4, -0.2) is 27.6 Å². The van der Waals surface area contributed by atoms with Crippen molar-refractivity contribution in [3.63, 3.8) is 0 Å². The van der Waals surface area contributed by atoms with Gasteiger partial charge in [-0.05, 0) is 31.2 Å². The van der Waals surface area contributed by atoms with E-state index in [0.717, 1.165) is 17.0 Å². The van der Waals surface area contributed by atoms with E-state index in [-0.39, 0.29) is 11.3 Å². The third kappa shape index (κ3) is 3.37. The van der Waals surface area contributed by atoms with E-state index in [2.05, 4.69) is 5.10 Å². The van der Waals surface area contributed by atoms with Crippen molar-refractivity contribution in [1.29, 1.82) is 0 Å². The molecule has 6 heteroatoms. The van der Waals surface area contributed by atoms with Crippen molar-refractivity contribution in [1.82, 2.24) is 14.7 Å². The molecule has 2 heterocycles. The summed E-state index contributed by atoms with van der Waals surface area (Å²) in [5.41, 5.74) is 0.626. The van der Waals surface area contributed by atoms with Crippen LogP contribution < -0.4 is 5.43 Å². The zero-order valence-corrected chi connectivity index (χ0v) is 13.7. The summed E-state index contributed by atoms with van der Waals surface area (Å²) in [6.07, 6.45) is 1.60. The number of aromatic nitrogens is 2. The maximum atomic E-state index is 12.3. The van der Waals surface area contributed by atoms with Gasteiger partial charge in [-0.1, -0.05) is 12.1 Å². The van der Waals surface area contributed by atoms with E-state index in [4.69, 9.17) is 4.42 Å². The molecule has 0 spiro atoms. The topological polar surface area (TPSA) is 68.3 Å². The Morgan fingerprint density at radius 1 is 1.25 bits per heavy atom. The number of aryl methyl sites for hydroxylation is 2. The van der Waals surface area contributed by atoms with Crippen molar-refractivity contribution in [2.24, 2.45) is 0 Å². The second-order valence-corrected chi connectivity index (χ2v) is 5.76. The Balaban J connectivity index is 1.68. The van der Waals surface area contributed by atoms with Crippen LogP contribution in [0.3, 0.4) is 0 Å². The number of amides is 1. The Bertz CT molecular complexity index is 926. The molecule has 124 valence electrons. The summed E-state index contributed by atoms with van der Waals surface area (Å²) in [7, 11) is 1.75. The predicted octanol–water partition coefficient (Wildman–Crippen LogP) is 2.35. The molecule has 0 aliphatic carbocycles. The van der Waals surface area contributed by atoms with Crippen molar-refractivity contribution in [2.75, 3.05) is 7.05 Å². The van der Waals surface area contributed by atoms with Crippen molar-refractivity contribution < 1.29 is 9.21 Å². The number of nitrogens with zero attached hydrogens (tertiary/aromatic N) is 3. The Hall–Kier alpha value is -2.89. The Morgan fingerprint density at radius 3 is 2.79 bits per heavy atom. The molecule has 6 nitrogen and oxygen atoms in total.